The molecule has 174 valence electrons. The minimum Gasteiger partial charge on any atom is -0.450 e. The highest BCUT2D eigenvalue weighted by Gasteiger charge is 2.23. The van der Waals surface area contributed by atoms with Crippen molar-refractivity contribution in [3.05, 3.63) is 59.4 Å². The van der Waals surface area contributed by atoms with Gasteiger partial charge < -0.3 is 19.5 Å². The summed E-state index contributed by atoms with van der Waals surface area (Å²) < 4.78 is 7.32. The number of carbonyl (C=O) groups excluding carboxylic acids is 2. The van der Waals surface area contributed by atoms with E-state index < -0.39 is 0 Å². The number of nitrogens with zero attached hydrogens (tertiary/aromatic N) is 4. The number of aryl methyl sites for hydroxylation is 2. The number of aromatic nitrogens is 2. The van der Waals surface area contributed by atoms with E-state index >= 15 is 0 Å². The smallest absolute Gasteiger partial charge is 0.409 e. The summed E-state index contributed by atoms with van der Waals surface area (Å²) in [4.78, 5) is 33.6. The zero-order valence-corrected chi connectivity index (χ0v) is 19.5. The third kappa shape index (κ3) is 5.01. The van der Waals surface area contributed by atoms with E-state index in [0.717, 1.165) is 47.7 Å². The Morgan fingerprint density at radius 1 is 1.06 bits per heavy atom. The average Bonchev–Trinajstić information content (AvgIpc) is 3.16. The molecule has 8 nitrogen and oxygen atoms in total. The molecule has 0 saturated carbocycles. The monoisotopic (exact) mass is 449 g/mol. The highest BCUT2D eigenvalue weighted by molar-refractivity contribution is 6.05. The van der Waals surface area contributed by atoms with Crippen LogP contribution in [0.1, 0.15) is 35.6 Å². The number of benzene rings is 2. The Hall–Kier alpha value is -3.39. The maximum absolute atomic E-state index is 12.7. The van der Waals surface area contributed by atoms with E-state index in [9.17, 15) is 9.59 Å². The Morgan fingerprint density at radius 2 is 1.82 bits per heavy atom. The molecule has 1 aromatic heterocycles. The van der Waals surface area contributed by atoms with Crippen molar-refractivity contribution in [3.63, 3.8) is 0 Å². The van der Waals surface area contributed by atoms with Gasteiger partial charge in [-0.2, -0.15) is 0 Å². The summed E-state index contributed by atoms with van der Waals surface area (Å²) in [5, 5.41) is 3.00. The highest BCUT2D eigenvalue weighted by atomic mass is 16.6. The van der Waals surface area contributed by atoms with Gasteiger partial charge in [0.1, 0.15) is 5.82 Å². The summed E-state index contributed by atoms with van der Waals surface area (Å²) in [6.45, 7) is 10.6. The number of imidazole rings is 1. The van der Waals surface area contributed by atoms with Crippen molar-refractivity contribution in [1.29, 1.82) is 0 Å². The minimum absolute atomic E-state index is 0.123. The lowest BCUT2D eigenvalue weighted by atomic mass is 10.1. The van der Waals surface area contributed by atoms with Gasteiger partial charge >= 0.3 is 6.09 Å². The number of hydrogen-bond donors (Lipinski definition) is 1. The molecule has 2 heterocycles. The first-order valence-electron chi connectivity index (χ1n) is 11.5. The number of rotatable bonds is 6. The van der Waals surface area contributed by atoms with Crippen molar-refractivity contribution >= 4 is 28.7 Å². The molecule has 3 aromatic rings. The standard InChI is InChI=1S/C25H31N5O3/c1-4-30-22-11-10-19(26-24(31)20-9-7-6-8-18(20)3)16-21(22)27-23(30)17-28-12-14-29(15-13-28)25(32)33-5-2/h6-11,16H,4-5,12-15,17H2,1-3H3,(H,26,31). The van der Waals surface area contributed by atoms with E-state index in [2.05, 4.69) is 21.7 Å². The fourth-order valence-corrected chi connectivity index (χ4v) is 4.26. The first kappa shape index (κ1) is 22.8. The number of amides is 2. The fraction of sp³-hybridized carbons (Fsp3) is 0.400. The maximum Gasteiger partial charge on any atom is 0.409 e. The van der Waals surface area contributed by atoms with Crippen LogP contribution in [0.4, 0.5) is 10.5 Å². The highest BCUT2D eigenvalue weighted by Crippen LogP contribution is 2.23. The topological polar surface area (TPSA) is 79.7 Å². The first-order valence-corrected chi connectivity index (χ1v) is 11.5. The SMILES string of the molecule is CCOC(=O)N1CCN(Cc2nc3cc(NC(=O)c4ccccc4C)ccc3n2CC)CC1. The number of hydrogen-bond acceptors (Lipinski definition) is 5. The lowest BCUT2D eigenvalue weighted by Gasteiger charge is -2.33. The Balaban J connectivity index is 1.47. The molecule has 8 heteroatoms. The predicted octanol–water partition coefficient (Wildman–Crippen LogP) is 3.89. The number of fused-ring (bicyclic) bond motifs is 1. The van der Waals surface area contributed by atoms with E-state index in [1.807, 2.05) is 56.3 Å². The number of nitrogens with one attached hydrogen (secondary N) is 1. The van der Waals surface area contributed by atoms with Crippen molar-refractivity contribution in [2.75, 3.05) is 38.1 Å². The molecular formula is C25H31N5O3. The van der Waals surface area contributed by atoms with Crippen molar-refractivity contribution in [3.8, 4) is 0 Å². The molecule has 0 atom stereocenters. The van der Waals surface area contributed by atoms with Crippen LogP contribution in [-0.4, -0.2) is 64.1 Å². The molecule has 0 unspecified atom stereocenters. The van der Waals surface area contributed by atoms with Gasteiger partial charge in [-0.15, -0.1) is 0 Å². The van der Waals surface area contributed by atoms with Gasteiger partial charge in [0.15, 0.2) is 0 Å². The molecule has 0 spiro atoms. The number of ether oxygens (including phenoxy) is 1. The number of carbonyl (C=O) groups is 2. The van der Waals surface area contributed by atoms with Crippen LogP contribution in [0.2, 0.25) is 0 Å². The van der Waals surface area contributed by atoms with Crippen LogP contribution in [-0.2, 0) is 17.8 Å². The minimum atomic E-state index is -0.238. The molecule has 1 N–H and O–H groups in total. The predicted molar refractivity (Wildman–Crippen MR) is 128 cm³/mol. The molecule has 1 saturated heterocycles. The van der Waals surface area contributed by atoms with Gasteiger partial charge in [-0.3, -0.25) is 9.69 Å². The van der Waals surface area contributed by atoms with Crippen LogP contribution < -0.4 is 5.32 Å². The molecule has 0 aliphatic carbocycles. The van der Waals surface area contributed by atoms with E-state index in [1.54, 1.807) is 4.90 Å². The summed E-state index contributed by atoms with van der Waals surface area (Å²) in [6.07, 6.45) is -0.238. The summed E-state index contributed by atoms with van der Waals surface area (Å²) in [5.74, 6) is 0.863. The van der Waals surface area contributed by atoms with Gasteiger partial charge in [-0.1, -0.05) is 18.2 Å². The molecule has 0 bridgehead atoms. The first-order chi connectivity index (χ1) is 16.0. The maximum atomic E-state index is 12.7. The zero-order chi connectivity index (χ0) is 23.4. The molecule has 4 rings (SSSR count). The molecule has 1 aliphatic heterocycles. The van der Waals surface area contributed by atoms with E-state index in [1.165, 1.54) is 0 Å². The van der Waals surface area contributed by atoms with Gasteiger partial charge in [0.2, 0.25) is 0 Å². The van der Waals surface area contributed by atoms with Crippen LogP contribution in [0.3, 0.4) is 0 Å². The largest absolute Gasteiger partial charge is 0.450 e. The van der Waals surface area contributed by atoms with Gasteiger partial charge in [-0.25, -0.2) is 9.78 Å². The van der Waals surface area contributed by atoms with Crippen LogP contribution in [0, 0.1) is 6.92 Å². The van der Waals surface area contributed by atoms with E-state index in [-0.39, 0.29) is 12.0 Å². The quantitative estimate of drug-likeness (QED) is 0.618. The molecule has 1 fully saturated rings. The van der Waals surface area contributed by atoms with Crippen molar-refractivity contribution < 1.29 is 14.3 Å². The third-order valence-electron chi connectivity index (χ3n) is 6.05. The van der Waals surface area contributed by atoms with Gasteiger partial charge in [0.05, 0.1) is 24.2 Å². The second-order valence-electron chi connectivity index (χ2n) is 8.21. The number of anilines is 1. The van der Waals surface area contributed by atoms with Gasteiger partial charge in [-0.05, 0) is 50.6 Å². The van der Waals surface area contributed by atoms with Gasteiger partial charge in [0.25, 0.3) is 5.91 Å². The van der Waals surface area contributed by atoms with Crippen LogP contribution in [0.5, 0.6) is 0 Å². The normalized spacial score (nSPS) is 14.5. The zero-order valence-electron chi connectivity index (χ0n) is 19.5. The summed E-state index contributed by atoms with van der Waals surface area (Å²) in [5.41, 5.74) is 4.24. The second-order valence-corrected chi connectivity index (χ2v) is 8.21. The van der Waals surface area contributed by atoms with Crippen molar-refractivity contribution in [1.82, 2.24) is 19.4 Å². The molecule has 2 aromatic carbocycles. The molecule has 33 heavy (non-hydrogen) atoms. The third-order valence-corrected chi connectivity index (χ3v) is 6.05. The van der Waals surface area contributed by atoms with Crippen LogP contribution in [0.15, 0.2) is 42.5 Å². The second kappa shape index (κ2) is 10.0. The van der Waals surface area contributed by atoms with E-state index in [0.29, 0.717) is 31.8 Å². The molecular weight excluding hydrogens is 418 g/mol. The van der Waals surface area contributed by atoms with E-state index in [4.69, 9.17) is 9.72 Å². The summed E-state index contributed by atoms with van der Waals surface area (Å²) in [6, 6.07) is 13.4. The summed E-state index contributed by atoms with van der Waals surface area (Å²) >= 11 is 0. The molecule has 0 radical (unpaired) electrons. The fourth-order valence-electron chi connectivity index (χ4n) is 4.26. The Labute approximate surface area is 194 Å². The van der Waals surface area contributed by atoms with Gasteiger partial charge in [0, 0.05) is 44.0 Å². The van der Waals surface area contributed by atoms with Crippen molar-refractivity contribution in [2.24, 2.45) is 0 Å². The average molecular weight is 450 g/mol. The Kier molecular flexibility index (Phi) is 6.93. The van der Waals surface area contributed by atoms with Crippen LogP contribution in [0.25, 0.3) is 11.0 Å². The number of piperazine rings is 1. The van der Waals surface area contributed by atoms with Crippen molar-refractivity contribution in [2.45, 2.75) is 33.9 Å². The molecule has 2 amide bonds. The molecule has 1 aliphatic rings. The van der Waals surface area contributed by atoms with Crippen LogP contribution >= 0.6 is 0 Å². The Morgan fingerprint density at radius 3 is 2.52 bits per heavy atom. The lowest BCUT2D eigenvalue weighted by molar-refractivity contribution is 0.0769. The summed E-state index contributed by atoms with van der Waals surface area (Å²) in [7, 11) is 0. The lowest BCUT2D eigenvalue weighted by Crippen LogP contribution is -2.48. The Bertz CT molecular complexity index is 1150.